The van der Waals surface area contributed by atoms with E-state index in [0.29, 0.717) is 22.8 Å². The lowest BCUT2D eigenvalue weighted by Crippen LogP contribution is -2.35. The molecule has 0 bridgehead atoms. The van der Waals surface area contributed by atoms with E-state index in [0.717, 1.165) is 12.0 Å². The summed E-state index contributed by atoms with van der Waals surface area (Å²) >= 11 is 5.97. The molecule has 100 valence electrons. The second-order valence-electron chi connectivity index (χ2n) is 4.10. The van der Waals surface area contributed by atoms with Crippen LogP contribution in [0.5, 0.6) is 0 Å². The van der Waals surface area contributed by atoms with Crippen LogP contribution in [0.3, 0.4) is 0 Å². The lowest BCUT2D eigenvalue weighted by atomic mass is 9.98. The minimum atomic E-state index is -0.584. The third kappa shape index (κ3) is 3.35. The number of hydrazone groups is 1. The van der Waals surface area contributed by atoms with E-state index in [9.17, 15) is 5.11 Å². The van der Waals surface area contributed by atoms with Gasteiger partial charge in [-0.2, -0.15) is 5.10 Å². The van der Waals surface area contributed by atoms with Crippen molar-refractivity contribution >= 4 is 17.4 Å². The quantitative estimate of drug-likeness (QED) is 0.336. The van der Waals surface area contributed by atoms with Crippen molar-refractivity contribution in [2.45, 2.75) is 25.9 Å². The molecule has 0 radical (unpaired) electrons. The Morgan fingerprint density at radius 3 is 2.72 bits per heavy atom. The van der Waals surface area contributed by atoms with Crippen LogP contribution in [0.25, 0.3) is 0 Å². The third-order valence-electron chi connectivity index (χ3n) is 2.63. The maximum absolute atomic E-state index is 10.1. The van der Waals surface area contributed by atoms with Crippen LogP contribution in [0.2, 0.25) is 5.02 Å². The summed E-state index contributed by atoms with van der Waals surface area (Å²) in [7, 11) is 1.63. The molecule has 0 aliphatic carbocycles. The van der Waals surface area contributed by atoms with Crippen molar-refractivity contribution in [1.29, 1.82) is 0 Å². The smallest absolute Gasteiger partial charge is 0.169 e. The molecule has 1 aromatic rings. The number of aliphatic hydroxyl groups is 1. The van der Waals surface area contributed by atoms with Crippen LogP contribution in [0.15, 0.2) is 23.3 Å². The van der Waals surface area contributed by atoms with E-state index in [-0.39, 0.29) is 0 Å². The van der Waals surface area contributed by atoms with Crippen LogP contribution in [0.1, 0.15) is 37.0 Å². The summed E-state index contributed by atoms with van der Waals surface area (Å²) in [5.41, 5.74) is 1.37. The lowest BCUT2D eigenvalue weighted by molar-refractivity contribution is 0.166. The highest BCUT2D eigenvalue weighted by Crippen LogP contribution is 2.25. The maximum Gasteiger partial charge on any atom is 0.169 e. The second kappa shape index (κ2) is 6.58. The number of hydrogen-bond donors (Lipinski definition) is 3. The van der Waals surface area contributed by atoms with Gasteiger partial charge in [0.1, 0.15) is 0 Å². The summed E-state index contributed by atoms with van der Waals surface area (Å²) in [5.74, 6) is 11.4. The second-order valence-corrected chi connectivity index (χ2v) is 4.54. The van der Waals surface area contributed by atoms with E-state index in [1.807, 2.05) is 6.92 Å². The molecule has 5 N–H and O–H groups in total. The number of benzene rings is 1. The zero-order valence-electron chi connectivity index (χ0n) is 10.6. The van der Waals surface area contributed by atoms with Crippen LogP contribution in [-0.2, 0) is 0 Å². The average Bonchev–Trinajstić information content (AvgIpc) is 2.29. The number of hydrazine groups is 1. The predicted octanol–water partition coefficient (Wildman–Crippen LogP) is 1.60. The molecule has 1 rings (SSSR count). The Morgan fingerprint density at radius 2 is 2.22 bits per heavy atom. The van der Waals surface area contributed by atoms with E-state index in [4.69, 9.17) is 23.3 Å². The molecule has 1 atom stereocenters. The number of halogens is 1. The van der Waals surface area contributed by atoms with E-state index >= 15 is 0 Å². The summed E-state index contributed by atoms with van der Waals surface area (Å²) < 4.78 is 0. The molecule has 0 fully saturated rings. The lowest BCUT2D eigenvalue weighted by Gasteiger charge is -2.20. The maximum atomic E-state index is 10.1. The number of rotatable bonds is 4. The molecule has 0 heterocycles. The van der Waals surface area contributed by atoms with Crippen molar-refractivity contribution in [3.63, 3.8) is 0 Å². The van der Waals surface area contributed by atoms with Gasteiger partial charge in [0.25, 0.3) is 0 Å². The molecule has 0 aliphatic rings. The van der Waals surface area contributed by atoms with Gasteiger partial charge in [-0.25, -0.2) is 5.84 Å². The van der Waals surface area contributed by atoms with E-state index in [1.54, 1.807) is 25.2 Å². The fourth-order valence-electron chi connectivity index (χ4n) is 1.79. The fraction of sp³-hybridized carbons (Fsp3) is 0.417. The molecular formula is C12H19ClN4O. The summed E-state index contributed by atoms with van der Waals surface area (Å²) in [4.78, 5) is 0. The number of nitrogens with zero attached hydrogens (tertiary/aromatic N) is 2. The summed E-state index contributed by atoms with van der Waals surface area (Å²) in [6, 6.07) is 5.20. The molecule has 0 saturated carbocycles. The molecule has 18 heavy (non-hydrogen) atoms. The number of hydrogen-bond acceptors (Lipinski definition) is 4. The first-order valence-corrected chi connectivity index (χ1v) is 6.13. The molecule has 0 saturated heterocycles. The zero-order valence-corrected chi connectivity index (χ0v) is 11.4. The first-order chi connectivity index (χ1) is 8.51. The summed E-state index contributed by atoms with van der Waals surface area (Å²) in [6.45, 7) is 2.01. The van der Waals surface area contributed by atoms with Crippen molar-refractivity contribution in [3.05, 3.63) is 34.3 Å². The zero-order chi connectivity index (χ0) is 13.7. The van der Waals surface area contributed by atoms with E-state index in [1.165, 1.54) is 5.01 Å². The van der Waals surface area contributed by atoms with Gasteiger partial charge in [-0.3, -0.25) is 5.01 Å². The third-order valence-corrected chi connectivity index (χ3v) is 2.87. The summed E-state index contributed by atoms with van der Waals surface area (Å²) in [6.07, 6.45) is 0.941. The Morgan fingerprint density at radius 1 is 1.56 bits per heavy atom. The van der Waals surface area contributed by atoms with Gasteiger partial charge >= 0.3 is 0 Å². The van der Waals surface area contributed by atoms with Crippen molar-refractivity contribution in [2.24, 2.45) is 16.8 Å². The minimum Gasteiger partial charge on any atom is -0.388 e. The van der Waals surface area contributed by atoms with Gasteiger partial charge in [-0.05, 0) is 24.1 Å². The Balaban J connectivity index is 3.27. The van der Waals surface area contributed by atoms with E-state index < -0.39 is 6.10 Å². The van der Waals surface area contributed by atoms with Crippen LogP contribution in [0.4, 0.5) is 0 Å². The van der Waals surface area contributed by atoms with Gasteiger partial charge in [0.05, 0.1) is 6.10 Å². The monoisotopic (exact) mass is 270 g/mol. The molecule has 6 heteroatoms. The van der Waals surface area contributed by atoms with Crippen molar-refractivity contribution in [2.75, 3.05) is 7.05 Å². The molecule has 0 spiro atoms. The first kappa shape index (κ1) is 14.8. The van der Waals surface area contributed by atoms with Gasteiger partial charge in [0.2, 0.25) is 0 Å². The van der Waals surface area contributed by atoms with Crippen molar-refractivity contribution < 1.29 is 5.11 Å². The van der Waals surface area contributed by atoms with Crippen molar-refractivity contribution in [3.8, 4) is 0 Å². The largest absolute Gasteiger partial charge is 0.388 e. The Bertz CT molecular complexity index is 434. The number of amidine groups is 1. The minimum absolute atomic E-state index is 0.377. The van der Waals surface area contributed by atoms with Crippen molar-refractivity contribution in [1.82, 2.24) is 5.01 Å². The highest BCUT2D eigenvalue weighted by atomic mass is 35.5. The van der Waals surface area contributed by atoms with Gasteiger partial charge in [-0.15, -0.1) is 0 Å². The number of nitrogens with two attached hydrogens (primary N) is 2. The Labute approximate surface area is 112 Å². The van der Waals surface area contributed by atoms with Crippen LogP contribution in [-0.4, -0.2) is 23.0 Å². The SMILES string of the molecule is CCCC(O)c1ccc(Cl)cc1/C(=N/N)N(C)N. The Kier molecular flexibility index (Phi) is 5.40. The highest BCUT2D eigenvalue weighted by molar-refractivity contribution is 6.31. The molecule has 5 nitrogen and oxygen atoms in total. The standard InChI is InChI=1S/C12H19ClN4O/c1-3-4-11(18)9-6-5-8(13)7-10(9)12(16-14)17(2)15/h5-7,11,18H,3-4,14-15H2,1-2H3/b16-12-. The normalized spacial score (nSPS) is 13.5. The highest BCUT2D eigenvalue weighted by Gasteiger charge is 2.17. The molecular weight excluding hydrogens is 252 g/mol. The topological polar surface area (TPSA) is 87.9 Å². The number of aliphatic hydroxyl groups excluding tert-OH is 1. The van der Waals surface area contributed by atoms with Gasteiger partial charge in [-0.1, -0.05) is 31.0 Å². The van der Waals surface area contributed by atoms with Crippen LogP contribution in [0, 0.1) is 0 Å². The molecule has 1 unspecified atom stereocenters. The molecule has 1 aromatic carbocycles. The fourth-order valence-corrected chi connectivity index (χ4v) is 1.96. The predicted molar refractivity (Wildman–Crippen MR) is 74.0 cm³/mol. The molecule has 0 aromatic heterocycles. The van der Waals surface area contributed by atoms with Gasteiger partial charge in [0.15, 0.2) is 5.84 Å². The van der Waals surface area contributed by atoms with E-state index in [2.05, 4.69) is 5.10 Å². The Hall–Kier alpha value is -1.30. The summed E-state index contributed by atoms with van der Waals surface area (Å²) in [5, 5.41) is 15.6. The first-order valence-electron chi connectivity index (χ1n) is 5.75. The van der Waals surface area contributed by atoms with Gasteiger partial charge in [0, 0.05) is 17.6 Å². The molecule has 0 amide bonds. The molecule has 0 aliphatic heterocycles. The van der Waals surface area contributed by atoms with Crippen LogP contribution >= 0.6 is 11.6 Å². The van der Waals surface area contributed by atoms with Crippen LogP contribution < -0.4 is 11.7 Å². The average molecular weight is 271 g/mol. The van der Waals surface area contributed by atoms with Gasteiger partial charge < -0.3 is 10.9 Å².